The average molecular weight is 460 g/mol. The van der Waals surface area contributed by atoms with E-state index in [9.17, 15) is 9.18 Å². The van der Waals surface area contributed by atoms with Crippen LogP contribution >= 0.6 is 34.8 Å². The van der Waals surface area contributed by atoms with Crippen molar-refractivity contribution in [3.05, 3.63) is 62.8 Å². The number of rotatable bonds is 5. The Morgan fingerprint density at radius 1 is 1.03 bits per heavy atom. The lowest BCUT2D eigenvalue weighted by atomic mass is 10.1. The maximum absolute atomic E-state index is 13.1. The van der Waals surface area contributed by atoms with Gasteiger partial charge in [-0.05, 0) is 37.6 Å². The molecule has 3 rings (SSSR count). The van der Waals surface area contributed by atoms with Crippen LogP contribution in [0.4, 0.5) is 4.39 Å². The van der Waals surface area contributed by atoms with Crippen molar-refractivity contribution in [1.29, 1.82) is 0 Å². The second kappa shape index (κ2) is 9.52. The fraction of sp³-hybridized carbons (Fsp3) is 0.381. The van der Waals surface area contributed by atoms with Crippen LogP contribution in [-0.4, -0.2) is 47.5 Å². The van der Waals surface area contributed by atoms with E-state index < -0.39 is 0 Å². The van der Waals surface area contributed by atoms with Crippen LogP contribution in [0.2, 0.25) is 15.1 Å². The Balaban J connectivity index is 1.58. The second-order valence-corrected chi connectivity index (χ2v) is 8.51. The lowest BCUT2D eigenvalue weighted by molar-refractivity contribution is -0.139. The van der Waals surface area contributed by atoms with E-state index in [1.165, 1.54) is 24.3 Å². The van der Waals surface area contributed by atoms with Crippen molar-refractivity contribution < 1.29 is 13.9 Å². The van der Waals surface area contributed by atoms with E-state index in [1.54, 1.807) is 12.1 Å². The van der Waals surface area contributed by atoms with E-state index in [1.807, 2.05) is 11.8 Å². The molecule has 0 unspecified atom stereocenters. The summed E-state index contributed by atoms with van der Waals surface area (Å²) in [5.74, 6) is -0.0364. The van der Waals surface area contributed by atoms with Gasteiger partial charge in [0.1, 0.15) is 11.6 Å². The largest absolute Gasteiger partial charge is 0.482 e. The lowest BCUT2D eigenvalue weighted by Gasteiger charge is -2.44. The summed E-state index contributed by atoms with van der Waals surface area (Å²) < 4.78 is 18.7. The maximum Gasteiger partial charge on any atom is 0.260 e. The van der Waals surface area contributed by atoms with Crippen LogP contribution in [0.25, 0.3) is 0 Å². The lowest BCUT2D eigenvalue weighted by Crippen LogP contribution is -2.58. The van der Waals surface area contributed by atoms with E-state index in [-0.39, 0.29) is 30.4 Å². The fourth-order valence-corrected chi connectivity index (χ4v) is 4.02. The zero-order valence-electron chi connectivity index (χ0n) is 16.2. The van der Waals surface area contributed by atoms with Gasteiger partial charge in [-0.15, -0.1) is 0 Å². The molecular weight excluding hydrogens is 438 g/mol. The average Bonchev–Trinajstić information content (AvgIpc) is 2.67. The zero-order valence-corrected chi connectivity index (χ0v) is 18.4. The summed E-state index contributed by atoms with van der Waals surface area (Å²) in [6.45, 7) is 5.97. The van der Waals surface area contributed by atoms with Crippen LogP contribution in [0, 0.1) is 5.82 Å². The van der Waals surface area contributed by atoms with Crippen LogP contribution in [0.1, 0.15) is 19.4 Å². The highest BCUT2D eigenvalue weighted by atomic mass is 35.5. The molecule has 0 aromatic heterocycles. The van der Waals surface area contributed by atoms with E-state index in [2.05, 4.69) is 11.8 Å². The van der Waals surface area contributed by atoms with Crippen molar-refractivity contribution >= 4 is 40.7 Å². The molecule has 0 N–H and O–H groups in total. The SMILES string of the molecule is C[C@@H]1CN(Cc2ccc(F)cc2)[C@@H](C)CN1C(=O)COc1cc(Cl)c(Cl)cc1Cl. The Kier molecular flexibility index (Phi) is 7.28. The molecule has 0 saturated carbocycles. The first-order chi connectivity index (χ1) is 13.7. The molecule has 0 spiro atoms. The standard InChI is InChI=1S/C21H22Cl3FN2O2/c1-13-10-27(14(2)9-26(13)11-15-3-5-16(25)6-4-15)21(28)12-29-20-8-18(23)17(22)7-19(20)24/h3-8,13-14H,9-12H2,1-2H3/t13-,14+/m0/s1. The molecule has 0 bridgehead atoms. The number of piperazine rings is 1. The summed E-state index contributed by atoms with van der Waals surface area (Å²) in [5, 5.41) is 0.947. The molecule has 2 atom stereocenters. The van der Waals surface area contributed by atoms with E-state index in [0.29, 0.717) is 33.9 Å². The smallest absolute Gasteiger partial charge is 0.260 e. The number of nitrogens with zero attached hydrogens (tertiary/aromatic N) is 2. The minimum atomic E-state index is -0.243. The third-order valence-corrected chi connectivity index (χ3v) is 6.08. The van der Waals surface area contributed by atoms with Crippen molar-refractivity contribution in [2.24, 2.45) is 0 Å². The van der Waals surface area contributed by atoms with Crippen LogP contribution in [-0.2, 0) is 11.3 Å². The quantitative estimate of drug-likeness (QED) is 0.570. The van der Waals surface area contributed by atoms with Gasteiger partial charge in [0.15, 0.2) is 6.61 Å². The van der Waals surface area contributed by atoms with Gasteiger partial charge in [0, 0.05) is 37.8 Å². The topological polar surface area (TPSA) is 32.8 Å². The van der Waals surface area contributed by atoms with Crippen molar-refractivity contribution in [1.82, 2.24) is 9.80 Å². The number of hydrogen-bond donors (Lipinski definition) is 0. The molecular formula is C21H22Cl3FN2O2. The van der Waals surface area contributed by atoms with E-state index in [4.69, 9.17) is 39.5 Å². The van der Waals surface area contributed by atoms with Crippen LogP contribution in [0.15, 0.2) is 36.4 Å². The molecule has 1 heterocycles. The van der Waals surface area contributed by atoms with Gasteiger partial charge in [-0.2, -0.15) is 0 Å². The van der Waals surface area contributed by atoms with Gasteiger partial charge >= 0.3 is 0 Å². The first-order valence-corrected chi connectivity index (χ1v) is 10.4. The summed E-state index contributed by atoms with van der Waals surface area (Å²) in [7, 11) is 0. The molecule has 1 fully saturated rings. The Labute approximate surface area is 185 Å². The highest BCUT2D eigenvalue weighted by Crippen LogP contribution is 2.34. The summed E-state index contributed by atoms with van der Waals surface area (Å²) in [6, 6.07) is 9.69. The maximum atomic E-state index is 13.1. The van der Waals surface area contributed by atoms with Gasteiger partial charge in [-0.1, -0.05) is 46.9 Å². The third-order valence-electron chi connectivity index (χ3n) is 5.06. The van der Waals surface area contributed by atoms with Gasteiger partial charge in [0.05, 0.1) is 15.1 Å². The monoisotopic (exact) mass is 458 g/mol. The predicted octanol–water partition coefficient (Wildman–Crippen LogP) is 5.29. The van der Waals surface area contributed by atoms with Crippen LogP contribution in [0.5, 0.6) is 5.75 Å². The normalized spacial score (nSPS) is 20.0. The van der Waals surface area contributed by atoms with Crippen LogP contribution in [0.3, 0.4) is 0 Å². The molecule has 2 aromatic rings. The third kappa shape index (κ3) is 5.54. The number of hydrogen-bond acceptors (Lipinski definition) is 3. The predicted molar refractivity (Wildman–Crippen MR) is 114 cm³/mol. The molecule has 1 saturated heterocycles. The first-order valence-electron chi connectivity index (χ1n) is 9.30. The minimum Gasteiger partial charge on any atom is -0.482 e. The highest BCUT2D eigenvalue weighted by molar-refractivity contribution is 6.43. The number of halogens is 4. The Morgan fingerprint density at radius 2 is 1.69 bits per heavy atom. The molecule has 1 aliphatic rings. The molecule has 4 nitrogen and oxygen atoms in total. The molecule has 2 aromatic carbocycles. The highest BCUT2D eigenvalue weighted by Gasteiger charge is 2.32. The van der Waals surface area contributed by atoms with Crippen molar-refractivity contribution in [3.8, 4) is 5.75 Å². The summed E-state index contributed by atoms with van der Waals surface area (Å²) >= 11 is 18.0. The van der Waals surface area contributed by atoms with Crippen LogP contribution < -0.4 is 4.74 Å². The molecule has 29 heavy (non-hydrogen) atoms. The molecule has 8 heteroatoms. The molecule has 1 aliphatic heterocycles. The van der Waals surface area contributed by atoms with Crippen molar-refractivity contribution in [2.75, 3.05) is 19.7 Å². The minimum absolute atomic E-state index is 0.0204. The number of carbonyl (C=O) groups excluding carboxylic acids is 1. The summed E-state index contributed by atoms with van der Waals surface area (Å²) in [6.07, 6.45) is 0. The van der Waals surface area contributed by atoms with E-state index >= 15 is 0 Å². The second-order valence-electron chi connectivity index (χ2n) is 7.29. The Morgan fingerprint density at radius 3 is 2.38 bits per heavy atom. The number of benzene rings is 2. The van der Waals surface area contributed by atoms with Gasteiger partial charge < -0.3 is 9.64 Å². The Bertz CT molecular complexity index is 879. The van der Waals surface area contributed by atoms with Crippen molar-refractivity contribution in [2.45, 2.75) is 32.5 Å². The van der Waals surface area contributed by atoms with E-state index in [0.717, 1.165) is 12.1 Å². The van der Waals surface area contributed by atoms with Gasteiger partial charge in [-0.25, -0.2) is 4.39 Å². The summed E-state index contributed by atoms with van der Waals surface area (Å²) in [4.78, 5) is 16.8. The number of amides is 1. The summed E-state index contributed by atoms with van der Waals surface area (Å²) in [5.41, 5.74) is 1.04. The molecule has 0 radical (unpaired) electrons. The van der Waals surface area contributed by atoms with Gasteiger partial charge in [0.2, 0.25) is 0 Å². The molecule has 156 valence electrons. The first kappa shape index (κ1) is 22.2. The Hall–Kier alpha value is -1.53. The molecule has 1 amide bonds. The number of carbonyl (C=O) groups is 1. The fourth-order valence-electron chi connectivity index (χ4n) is 3.43. The van der Waals surface area contributed by atoms with Gasteiger partial charge in [0.25, 0.3) is 5.91 Å². The zero-order chi connectivity index (χ0) is 21.1. The van der Waals surface area contributed by atoms with Crippen molar-refractivity contribution in [3.63, 3.8) is 0 Å². The molecule has 0 aliphatic carbocycles. The number of ether oxygens (including phenoxy) is 1. The van der Waals surface area contributed by atoms with Gasteiger partial charge in [-0.3, -0.25) is 9.69 Å².